The lowest BCUT2D eigenvalue weighted by Crippen LogP contribution is -2.14. The Hall–Kier alpha value is -0.970. The molecule has 0 radical (unpaired) electrons. The summed E-state index contributed by atoms with van der Waals surface area (Å²) in [5.41, 5.74) is 0. The van der Waals surface area contributed by atoms with E-state index in [1.165, 1.54) is 0 Å². The average Bonchev–Trinajstić information content (AvgIpc) is 2.03. The molecule has 0 bridgehead atoms. The van der Waals surface area contributed by atoms with E-state index >= 15 is 0 Å². The number of terminal acetylenes is 1. The second-order valence-corrected chi connectivity index (χ2v) is 2.43. The molecule has 0 spiro atoms. The van der Waals surface area contributed by atoms with Crippen molar-refractivity contribution in [3.63, 3.8) is 0 Å². The van der Waals surface area contributed by atoms with Crippen molar-refractivity contribution >= 4 is 5.97 Å². The van der Waals surface area contributed by atoms with Crippen LogP contribution in [0.1, 0.15) is 26.7 Å². The van der Waals surface area contributed by atoms with Crippen LogP contribution in [0.15, 0.2) is 0 Å². The molecule has 0 aliphatic rings. The normalized spacial score (nSPS) is 11.7. The molecule has 0 aromatic heterocycles. The Morgan fingerprint density at radius 2 is 2.36 bits per heavy atom. The summed E-state index contributed by atoms with van der Waals surface area (Å²) in [5.74, 6) is 2.25. The van der Waals surface area contributed by atoms with E-state index in [2.05, 4.69) is 5.92 Å². The summed E-state index contributed by atoms with van der Waals surface area (Å²) in [6.45, 7) is 4.14. The van der Waals surface area contributed by atoms with Gasteiger partial charge in [0.25, 0.3) is 0 Å². The number of esters is 1. The highest BCUT2D eigenvalue weighted by Crippen LogP contribution is 2.02. The smallest absolute Gasteiger partial charge is 0.308 e. The zero-order chi connectivity index (χ0) is 8.69. The minimum Gasteiger partial charge on any atom is -0.464 e. The van der Waals surface area contributed by atoms with Crippen molar-refractivity contribution in [3.8, 4) is 12.3 Å². The van der Waals surface area contributed by atoms with Gasteiger partial charge in [-0.1, -0.05) is 13.8 Å². The molecule has 0 aliphatic carbocycles. The van der Waals surface area contributed by atoms with Crippen molar-refractivity contribution in [2.45, 2.75) is 26.7 Å². The first-order chi connectivity index (χ1) is 5.22. The zero-order valence-corrected chi connectivity index (χ0v) is 7.09. The fourth-order valence-electron chi connectivity index (χ4n) is 0.519. The predicted octanol–water partition coefficient (Wildman–Crippen LogP) is 1.60. The van der Waals surface area contributed by atoms with Crippen LogP contribution in [0.3, 0.4) is 0 Å². The molecule has 2 heteroatoms. The Morgan fingerprint density at radius 3 is 2.82 bits per heavy atom. The van der Waals surface area contributed by atoms with Gasteiger partial charge in [0.15, 0.2) is 0 Å². The van der Waals surface area contributed by atoms with Crippen LogP contribution in [0.4, 0.5) is 0 Å². The Morgan fingerprint density at radius 1 is 1.73 bits per heavy atom. The van der Waals surface area contributed by atoms with Gasteiger partial charge in [-0.2, -0.15) is 0 Å². The predicted molar refractivity (Wildman–Crippen MR) is 43.9 cm³/mol. The van der Waals surface area contributed by atoms with E-state index in [9.17, 15) is 4.79 Å². The van der Waals surface area contributed by atoms with Crippen LogP contribution in [0.5, 0.6) is 0 Å². The minimum atomic E-state index is -0.150. The largest absolute Gasteiger partial charge is 0.464 e. The quantitative estimate of drug-likeness (QED) is 0.349. The standard InChI is InChI=1S/C9H14O2/c1-4-6-7-11-9(10)8(3)5-2/h1,8H,5-7H2,2-3H3. The van der Waals surface area contributed by atoms with Crippen molar-refractivity contribution < 1.29 is 9.53 Å². The minimum absolute atomic E-state index is 0.00669. The third kappa shape index (κ3) is 4.44. The van der Waals surface area contributed by atoms with Crippen LogP contribution in [0.2, 0.25) is 0 Å². The van der Waals surface area contributed by atoms with Gasteiger partial charge in [0.2, 0.25) is 0 Å². The molecule has 0 saturated heterocycles. The van der Waals surface area contributed by atoms with E-state index in [-0.39, 0.29) is 11.9 Å². The number of rotatable bonds is 4. The highest BCUT2D eigenvalue weighted by Gasteiger charge is 2.10. The van der Waals surface area contributed by atoms with E-state index in [1.54, 1.807) is 0 Å². The topological polar surface area (TPSA) is 26.3 Å². The fraction of sp³-hybridized carbons (Fsp3) is 0.667. The summed E-state index contributed by atoms with van der Waals surface area (Å²) in [6.07, 6.45) is 6.30. The van der Waals surface area contributed by atoms with Gasteiger partial charge in [0.05, 0.1) is 5.92 Å². The summed E-state index contributed by atoms with van der Waals surface area (Å²) in [4.78, 5) is 11.0. The molecule has 0 aromatic carbocycles. The van der Waals surface area contributed by atoms with Crippen molar-refractivity contribution in [2.24, 2.45) is 5.92 Å². The van der Waals surface area contributed by atoms with Gasteiger partial charge in [0, 0.05) is 6.42 Å². The fourth-order valence-corrected chi connectivity index (χ4v) is 0.519. The molecule has 1 unspecified atom stereocenters. The van der Waals surface area contributed by atoms with E-state index in [4.69, 9.17) is 11.2 Å². The molecule has 0 aliphatic heterocycles. The van der Waals surface area contributed by atoms with Gasteiger partial charge in [-0.05, 0) is 6.42 Å². The second kappa shape index (κ2) is 5.79. The molecule has 1 atom stereocenters. The lowest BCUT2D eigenvalue weighted by atomic mass is 10.1. The molecule has 2 nitrogen and oxygen atoms in total. The summed E-state index contributed by atoms with van der Waals surface area (Å²) in [6, 6.07) is 0. The number of hydrogen-bond donors (Lipinski definition) is 0. The monoisotopic (exact) mass is 154 g/mol. The van der Waals surface area contributed by atoms with Crippen molar-refractivity contribution in [2.75, 3.05) is 6.61 Å². The third-order valence-corrected chi connectivity index (χ3v) is 1.51. The molecule has 11 heavy (non-hydrogen) atoms. The first-order valence-corrected chi connectivity index (χ1v) is 3.82. The first kappa shape index (κ1) is 10.0. The zero-order valence-electron chi connectivity index (χ0n) is 7.09. The molecule has 0 N–H and O–H groups in total. The molecule has 0 amide bonds. The molecule has 0 fully saturated rings. The average molecular weight is 154 g/mol. The van der Waals surface area contributed by atoms with Crippen LogP contribution in [-0.4, -0.2) is 12.6 Å². The third-order valence-electron chi connectivity index (χ3n) is 1.51. The van der Waals surface area contributed by atoms with Crippen LogP contribution in [0.25, 0.3) is 0 Å². The Labute approximate surface area is 67.9 Å². The van der Waals surface area contributed by atoms with Gasteiger partial charge in [0.1, 0.15) is 6.61 Å². The number of carbonyl (C=O) groups excluding carboxylic acids is 1. The second-order valence-electron chi connectivity index (χ2n) is 2.43. The van der Waals surface area contributed by atoms with Crippen LogP contribution < -0.4 is 0 Å². The number of ether oxygens (including phenoxy) is 1. The maximum Gasteiger partial charge on any atom is 0.308 e. The molecule has 0 rings (SSSR count). The van der Waals surface area contributed by atoms with E-state index in [0.29, 0.717) is 13.0 Å². The van der Waals surface area contributed by atoms with Gasteiger partial charge in [-0.25, -0.2) is 0 Å². The Kier molecular flexibility index (Phi) is 5.28. The van der Waals surface area contributed by atoms with Crippen molar-refractivity contribution in [1.82, 2.24) is 0 Å². The van der Waals surface area contributed by atoms with Crippen molar-refractivity contribution in [3.05, 3.63) is 0 Å². The Balaban J connectivity index is 3.46. The molecular formula is C9H14O2. The highest BCUT2D eigenvalue weighted by molar-refractivity contribution is 5.71. The Bertz CT molecular complexity index is 155. The van der Waals surface area contributed by atoms with E-state index in [1.807, 2.05) is 13.8 Å². The lowest BCUT2D eigenvalue weighted by Gasteiger charge is -2.06. The summed E-state index contributed by atoms with van der Waals surface area (Å²) in [7, 11) is 0. The number of hydrogen-bond acceptors (Lipinski definition) is 2. The van der Waals surface area contributed by atoms with Gasteiger partial charge in [-0.15, -0.1) is 12.3 Å². The van der Waals surface area contributed by atoms with Gasteiger partial charge in [-0.3, -0.25) is 4.79 Å². The molecule has 0 saturated carbocycles. The summed E-state index contributed by atoms with van der Waals surface area (Å²) >= 11 is 0. The van der Waals surface area contributed by atoms with Crippen LogP contribution >= 0.6 is 0 Å². The van der Waals surface area contributed by atoms with Crippen LogP contribution in [0, 0.1) is 18.3 Å². The SMILES string of the molecule is C#CCCOC(=O)C(C)CC. The maximum absolute atomic E-state index is 11.0. The van der Waals surface area contributed by atoms with Crippen LogP contribution in [-0.2, 0) is 9.53 Å². The van der Waals surface area contributed by atoms with Crippen molar-refractivity contribution in [1.29, 1.82) is 0 Å². The highest BCUT2D eigenvalue weighted by atomic mass is 16.5. The molecule has 0 heterocycles. The number of carbonyl (C=O) groups is 1. The molecule has 0 aromatic rings. The lowest BCUT2D eigenvalue weighted by molar-refractivity contribution is -0.147. The summed E-state index contributed by atoms with van der Waals surface area (Å²) in [5, 5.41) is 0. The van der Waals surface area contributed by atoms with Gasteiger partial charge < -0.3 is 4.74 Å². The van der Waals surface area contributed by atoms with E-state index in [0.717, 1.165) is 6.42 Å². The molecular weight excluding hydrogens is 140 g/mol. The van der Waals surface area contributed by atoms with E-state index < -0.39 is 0 Å². The molecule has 62 valence electrons. The van der Waals surface area contributed by atoms with Gasteiger partial charge >= 0.3 is 5.97 Å². The summed E-state index contributed by atoms with van der Waals surface area (Å²) < 4.78 is 4.85. The first-order valence-electron chi connectivity index (χ1n) is 3.82. The maximum atomic E-state index is 11.0.